The number of hydrogen-bond donors (Lipinski definition) is 0. The van der Waals surface area contributed by atoms with Gasteiger partial charge < -0.3 is 0 Å². The van der Waals surface area contributed by atoms with Gasteiger partial charge in [0.25, 0.3) is 0 Å². The summed E-state index contributed by atoms with van der Waals surface area (Å²) in [5, 5.41) is 7.95. The van der Waals surface area contributed by atoms with Gasteiger partial charge in [0.2, 0.25) is 0 Å². The molecule has 0 radical (unpaired) electrons. The van der Waals surface area contributed by atoms with Crippen molar-refractivity contribution >= 4 is 43.2 Å². The average molecular weight is 587 g/mol. The Labute approximate surface area is 265 Å². The summed E-state index contributed by atoms with van der Waals surface area (Å²) < 4.78 is 0. The highest BCUT2D eigenvalue weighted by Crippen LogP contribution is 2.42. The highest BCUT2D eigenvalue weighted by molar-refractivity contribution is 6.26. The zero-order valence-corrected chi connectivity index (χ0v) is 24.8. The van der Waals surface area contributed by atoms with E-state index in [1.165, 1.54) is 16.2 Å². The molecule has 2 aromatic heterocycles. The zero-order valence-electron chi connectivity index (χ0n) is 24.8. The third-order valence-corrected chi connectivity index (χ3v) is 8.65. The minimum atomic E-state index is 0.628. The third kappa shape index (κ3) is 4.39. The Hall–Kier alpha value is -6.26. The van der Waals surface area contributed by atoms with Crippen molar-refractivity contribution in [2.45, 2.75) is 0 Å². The molecular formula is C42H26N4. The van der Waals surface area contributed by atoms with Crippen molar-refractivity contribution in [3.05, 3.63) is 158 Å². The Kier molecular flexibility index (Phi) is 6.10. The Morgan fingerprint density at radius 1 is 0.326 bits per heavy atom. The predicted octanol–water partition coefficient (Wildman–Crippen LogP) is 10.5. The molecule has 4 heteroatoms. The monoisotopic (exact) mass is 586 g/mol. The molecule has 4 nitrogen and oxygen atoms in total. The van der Waals surface area contributed by atoms with E-state index in [-0.39, 0.29) is 0 Å². The average Bonchev–Trinajstić information content (AvgIpc) is 3.14. The van der Waals surface area contributed by atoms with Gasteiger partial charge in [-0.05, 0) is 39.7 Å². The van der Waals surface area contributed by atoms with Crippen LogP contribution in [-0.2, 0) is 0 Å². The molecule has 214 valence electrons. The van der Waals surface area contributed by atoms with Crippen molar-refractivity contribution in [2.75, 3.05) is 0 Å². The first-order valence-corrected chi connectivity index (χ1v) is 15.4. The topological polar surface area (TPSA) is 51.6 Å². The third-order valence-electron chi connectivity index (χ3n) is 8.65. The van der Waals surface area contributed by atoms with Crippen LogP contribution in [0.4, 0.5) is 0 Å². The number of benzene rings is 7. The fraction of sp³-hybridized carbons (Fsp3) is 0. The van der Waals surface area contributed by atoms with Crippen LogP contribution < -0.4 is 0 Å². The maximum atomic E-state index is 5.34. The molecule has 9 aromatic rings. The van der Waals surface area contributed by atoms with E-state index in [1.54, 1.807) is 0 Å². The Bertz CT molecular complexity index is 2510. The van der Waals surface area contributed by atoms with Crippen molar-refractivity contribution in [3.8, 4) is 45.4 Å². The highest BCUT2D eigenvalue weighted by Gasteiger charge is 2.20. The summed E-state index contributed by atoms with van der Waals surface area (Å²) in [6, 6.07) is 54.5. The molecule has 0 bridgehead atoms. The summed E-state index contributed by atoms with van der Waals surface area (Å²) in [5.74, 6) is 1.91. The van der Waals surface area contributed by atoms with E-state index in [1.807, 2.05) is 66.7 Å². The molecule has 9 rings (SSSR count). The smallest absolute Gasteiger partial charge is 0.164 e. The van der Waals surface area contributed by atoms with Gasteiger partial charge in [-0.15, -0.1) is 0 Å². The van der Waals surface area contributed by atoms with E-state index < -0.39 is 0 Å². The number of pyridine rings is 1. The SMILES string of the molecule is c1ccc(-c2nc(-c3ccccc3)nc(-c3cc4c(-c5ccccc5)nc5cc6ccccc6cc5c4c4ccccc34)n2)cc1. The van der Waals surface area contributed by atoms with Crippen LogP contribution in [-0.4, -0.2) is 19.9 Å². The molecule has 0 saturated heterocycles. The molecule has 7 aromatic carbocycles. The maximum absolute atomic E-state index is 5.34. The van der Waals surface area contributed by atoms with E-state index in [4.69, 9.17) is 19.9 Å². The lowest BCUT2D eigenvalue weighted by Crippen LogP contribution is -2.01. The minimum absolute atomic E-state index is 0.628. The van der Waals surface area contributed by atoms with E-state index in [2.05, 4.69) is 91.0 Å². The van der Waals surface area contributed by atoms with Crippen molar-refractivity contribution in [2.24, 2.45) is 0 Å². The van der Waals surface area contributed by atoms with Gasteiger partial charge >= 0.3 is 0 Å². The normalized spacial score (nSPS) is 11.5. The molecule has 0 unspecified atom stereocenters. The summed E-state index contributed by atoms with van der Waals surface area (Å²) in [6.45, 7) is 0. The van der Waals surface area contributed by atoms with Crippen LogP contribution in [0, 0.1) is 0 Å². The van der Waals surface area contributed by atoms with Crippen LogP contribution in [0.2, 0.25) is 0 Å². The summed E-state index contributed by atoms with van der Waals surface area (Å²) in [6.07, 6.45) is 0. The van der Waals surface area contributed by atoms with Crippen LogP contribution >= 0.6 is 0 Å². The fourth-order valence-electron chi connectivity index (χ4n) is 6.48. The van der Waals surface area contributed by atoms with Gasteiger partial charge in [-0.2, -0.15) is 0 Å². The summed E-state index contributed by atoms with van der Waals surface area (Å²) in [4.78, 5) is 20.5. The molecule has 0 fully saturated rings. The second-order valence-corrected chi connectivity index (χ2v) is 11.5. The minimum Gasteiger partial charge on any atom is -0.247 e. The van der Waals surface area contributed by atoms with Gasteiger partial charge in [0.15, 0.2) is 17.5 Å². The summed E-state index contributed by atoms with van der Waals surface area (Å²) in [7, 11) is 0. The molecule has 0 aliphatic heterocycles. The fourth-order valence-corrected chi connectivity index (χ4v) is 6.48. The second-order valence-electron chi connectivity index (χ2n) is 11.5. The van der Waals surface area contributed by atoms with Crippen LogP contribution in [0.25, 0.3) is 88.6 Å². The van der Waals surface area contributed by atoms with Crippen LogP contribution in [0.3, 0.4) is 0 Å². The number of nitrogens with zero attached hydrogens (tertiary/aromatic N) is 4. The molecular weight excluding hydrogens is 560 g/mol. The summed E-state index contributed by atoms with van der Waals surface area (Å²) >= 11 is 0. The Balaban J connectivity index is 1.42. The lowest BCUT2D eigenvalue weighted by Gasteiger charge is -2.16. The van der Waals surface area contributed by atoms with Gasteiger partial charge in [0.1, 0.15) is 0 Å². The van der Waals surface area contributed by atoms with Gasteiger partial charge in [-0.3, -0.25) is 0 Å². The zero-order chi connectivity index (χ0) is 30.5. The predicted molar refractivity (Wildman–Crippen MR) is 189 cm³/mol. The van der Waals surface area contributed by atoms with E-state index in [0.717, 1.165) is 55.0 Å². The van der Waals surface area contributed by atoms with Crippen molar-refractivity contribution < 1.29 is 0 Å². The first-order chi connectivity index (χ1) is 22.8. The number of fused-ring (bicyclic) bond motifs is 6. The van der Waals surface area contributed by atoms with Crippen LogP contribution in [0.1, 0.15) is 0 Å². The molecule has 0 saturated carbocycles. The molecule has 2 heterocycles. The van der Waals surface area contributed by atoms with E-state index in [9.17, 15) is 0 Å². The van der Waals surface area contributed by atoms with Crippen LogP contribution in [0.15, 0.2) is 158 Å². The maximum Gasteiger partial charge on any atom is 0.164 e. The highest BCUT2D eigenvalue weighted by atomic mass is 15.0. The molecule has 0 N–H and O–H groups in total. The van der Waals surface area contributed by atoms with E-state index in [0.29, 0.717) is 17.5 Å². The Morgan fingerprint density at radius 3 is 1.46 bits per heavy atom. The summed E-state index contributed by atoms with van der Waals surface area (Å²) in [5.41, 5.74) is 5.80. The van der Waals surface area contributed by atoms with Crippen molar-refractivity contribution in [1.82, 2.24) is 19.9 Å². The first kappa shape index (κ1) is 26.2. The van der Waals surface area contributed by atoms with Gasteiger partial charge in [-0.1, -0.05) is 140 Å². The second kappa shape index (κ2) is 10.7. The quantitative estimate of drug-likeness (QED) is 0.152. The van der Waals surface area contributed by atoms with Crippen molar-refractivity contribution in [1.29, 1.82) is 0 Å². The number of aromatic nitrogens is 4. The molecule has 0 atom stereocenters. The molecule has 0 aliphatic rings. The lowest BCUT2D eigenvalue weighted by atomic mass is 9.91. The molecule has 46 heavy (non-hydrogen) atoms. The number of hydrogen-bond acceptors (Lipinski definition) is 4. The lowest BCUT2D eigenvalue weighted by molar-refractivity contribution is 1.08. The molecule has 0 spiro atoms. The number of rotatable bonds is 4. The standard InChI is InChI=1S/C42H26N4/c1-4-14-27(15-5-1)39-36-26-34(42-45-40(28-16-6-2-7-17-28)44-41(46-42)29-18-8-3-9-19-29)32-22-12-13-23-33(32)38(36)35-24-30-20-10-11-21-31(30)25-37(35)43-39/h1-26H. The van der Waals surface area contributed by atoms with Crippen molar-refractivity contribution in [3.63, 3.8) is 0 Å². The van der Waals surface area contributed by atoms with Crippen LogP contribution in [0.5, 0.6) is 0 Å². The van der Waals surface area contributed by atoms with Gasteiger partial charge in [0, 0.05) is 38.4 Å². The largest absolute Gasteiger partial charge is 0.247 e. The van der Waals surface area contributed by atoms with E-state index >= 15 is 0 Å². The molecule has 0 aliphatic carbocycles. The molecule has 0 amide bonds. The first-order valence-electron chi connectivity index (χ1n) is 15.4. The Morgan fingerprint density at radius 2 is 0.826 bits per heavy atom. The van der Waals surface area contributed by atoms with Gasteiger partial charge in [0.05, 0.1) is 11.2 Å². The van der Waals surface area contributed by atoms with Gasteiger partial charge in [-0.25, -0.2) is 19.9 Å².